The molecule has 1 aromatic carbocycles. The highest BCUT2D eigenvalue weighted by Crippen LogP contribution is 2.29. The lowest BCUT2D eigenvalue weighted by Gasteiger charge is -2.15. The summed E-state index contributed by atoms with van der Waals surface area (Å²) in [6.45, 7) is 3.98. The zero-order valence-electron chi connectivity index (χ0n) is 9.81. The summed E-state index contributed by atoms with van der Waals surface area (Å²) in [5.74, 6) is 0. The number of hydrogen-bond acceptors (Lipinski definition) is 2. The normalized spacial score (nSPS) is 12.5. The second kappa shape index (κ2) is 4.86. The molecular formula is C14H14ClNO. The lowest BCUT2D eigenvalue weighted by Crippen LogP contribution is -2.03. The molecule has 0 aliphatic carbocycles. The maximum Gasteiger partial charge on any atom is 0.106 e. The fraction of sp³-hybridized carbons (Fsp3) is 0.214. The largest absolute Gasteiger partial charge is 0.384 e. The molecule has 0 spiro atoms. The maximum atomic E-state index is 10.4. The van der Waals surface area contributed by atoms with E-state index in [0.29, 0.717) is 10.6 Å². The van der Waals surface area contributed by atoms with Crippen LogP contribution in [0.2, 0.25) is 5.02 Å². The van der Waals surface area contributed by atoms with Crippen LogP contribution in [0.3, 0.4) is 0 Å². The van der Waals surface area contributed by atoms with E-state index < -0.39 is 6.10 Å². The van der Waals surface area contributed by atoms with E-state index in [0.717, 1.165) is 16.7 Å². The number of aliphatic hydroxyl groups is 1. The lowest BCUT2D eigenvalue weighted by molar-refractivity contribution is 0.219. The molecule has 2 aromatic rings. The Morgan fingerprint density at radius 1 is 1.18 bits per heavy atom. The van der Waals surface area contributed by atoms with Gasteiger partial charge in [-0.1, -0.05) is 35.4 Å². The summed E-state index contributed by atoms with van der Waals surface area (Å²) in [6, 6.07) is 7.76. The van der Waals surface area contributed by atoms with Crippen LogP contribution >= 0.6 is 11.6 Å². The first kappa shape index (κ1) is 12.1. The van der Waals surface area contributed by atoms with Crippen LogP contribution in [0.15, 0.2) is 36.7 Å². The number of aromatic nitrogens is 1. The second-order valence-electron chi connectivity index (χ2n) is 4.16. The SMILES string of the molecule is Cc1ccc(C)c(C(O)c2ccncc2Cl)c1. The van der Waals surface area contributed by atoms with Gasteiger partial charge in [-0.2, -0.15) is 0 Å². The first-order valence-electron chi connectivity index (χ1n) is 5.44. The molecule has 0 saturated carbocycles. The molecule has 2 nitrogen and oxygen atoms in total. The van der Waals surface area contributed by atoms with E-state index in [4.69, 9.17) is 11.6 Å². The monoisotopic (exact) mass is 247 g/mol. The fourth-order valence-corrected chi connectivity index (χ4v) is 2.05. The lowest BCUT2D eigenvalue weighted by atomic mass is 9.96. The van der Waals surface area contributed by atoms with Gasteiger partial charge in [-0.3, -0.25) is 4.98 Å². The Labute approximate surface area is 106 Å². The zero-order valence-corrected chi connectivity index (χ0v) is 10.6. The highest BCUT2D eigenvalue weighted by molar-refractivity contribution is 6.31. The molecule has 0 saturated heterocycles. The number of pyridine rings is 1. The van der Waals surface area contributed by atoms with Crippen molar-refractivity contribution in [3.8, 4) is 0 Å². The summed E-state index contributed by atoms with van der Waals surface area (Å²) >= 11 is 6.04. The highest BCUT2D eigenvalue weighted by atomic mass is 35.5. The van der Waals surface area contributed by atoms with Crippen molar-refractivity contribution >= 4 is 11.6 Å². The Morgan fingerprint density at radius 2 is 1.94 bits per heavy atom. The third-order valence-corrected chi connectivity index (χ3v) is 3.14. The summed E-state index contributed by atoms with van der Waals surface area (Å²) in [5.41, 5.74) is 3.75. The average molecular weight is 248 g/mol. The van der Waals surface area contributed by atoms with Gasteiger partial charge >= 0.3 is 0 Å². The van der Waals surface area contributed by atoms with Gasteiger partial charge in [0.2, 0.25) is 0 Å². The number of halogens is 1. The van der Waals surface area contributed by atoms with Crippen LogP contribution in [0.5, 0.6) is 0 Å². The standard InChI is InChI=1S/C14H14ClNO/c1-9-3-4-10(2)12(7-9)14(17)11-5-6-16-8-13(11)15/h3-8,14,17H,1-2H3. The van der Waals surface area contributed by atoms with Gasteiger partial charge in [0.15, 0.2) is 0 Å². The molecule has 1 atom stereocenters. The molecule has 1 N–H and O–H groups in total. The number of aryl methyl sites for hydroxylation is 2. The molecular weight excluding hydrogens is 234 g/mol. The molecule has 0 amide bonds. The first-order valence-corrected chi connectivity index (χ1v) is 5.82. The van der Waals surface area contributed by atoms with Crippen LogP contribution in [-0.4, -0.2) is 10.1 Å². The van der Waals surface area contributed by atoms with Gasteiger partial charge in [-0.05, 0) is 31.0 Å². The van der Waals surface area contributed by atoms with E-state index >= 15 is 0 Å². The van der Waals surface area contributed by atoms with Gasteiger partial charge in [-0.15, -0.1) is 0 Å². The van der Waals surface area contributed by atoms with Crippen LogP contribution in [0.1, 0.15) is 28.4 Å². The van der Waals surface area contributed by atoms with Crippen molar-refractivity contribution in [3.63, 3.8) is 0 Å². The zero-order chi connectivity index (χ0) is 12.4. The molecule has 2 rings (SSSR count). The molecule has 1 unspecified atom stereocenters. The van der Waals surface area contributed by atoms with Gasteiger partial charge in [0.05, 0.1) is 5.02 Å². The summed E-state index contributed by atoms with van der Waals surface area (Å²) < 4.78 is 0. The van der Waals surface area contributed by atoms with Crippen LogP contribution in [0, 0.1) is 13.8 Å². The number of aliphatic hydroxyl groups excluding tert-OH is 1. The predicted octanol–water partition coefficient (Wildman–Crippen LogP) is 3.43. The van der Waals surface area contributed by atoms with E-state index in [9.17, 15) is 5.11 Å². The van der Waals surface area contributed by atoms with Crippen molar-refractivity contribution < 1.29 is 5.11 Å². The highest BCUT2D eigenvalue weighted by Gasteiger charge is 2.15. The Balaban J connectivity index is 2.47. The second-order valence-corrected chi connectivity index (χ2v) is 4.57. The van der Waals surface area contributed by atoms with Gasteiger partial charge in [0.25, 0.3) is 0 Å². The summed E-state index contributed by atoms with van der Waals surface area (Å²) in [6.07, 6.45) is 2.48. The Kier molecular flexibility index (Phi) is 3.46. The van der Waals surface area contributed by atoms with E-state index in [1.54, 1.807) is 18.5 Å². The van der Waals surface area contributed by atoms with E-state index in [-0.39, 0.29) is 0 Å². The minimum Gasteiger partial charge on any atom is -0.384 e. The van der Waals surface area contributed by atoms with Crippen LogP contribution < -0.4 is 0 Å². The minimum absolute atomic E-state index is 0.487. The topological polar surface area (TPSA) is 33.1 Å². The Bertz CT molecular complexity index is 539. The first-order chi connectivity index (χ1) is 8.09. The van der Waals surface area contributed by atoms with Gasteiger partial charge < -0.3 is 5.11 Å². The van der Waals surface area contributed by atoms with E-state index in [1.165, 1.54) is 0 Å². The van der Waals surface area contributed by atoms with Crippen molar-refractivity contribution in [2.45, 2.75) is 20.0 Å². The van der Waals surface area contributed by atoms with Gasteiger partial charge in [0, 0.05) is 18.0 Å². The van der Waals surface area contributed by atoms with Crippen molar-refractivity contribution in [2.24, 2.45) is 0 Å². The van der Waals surface area contributed by atoms with Crippen LogP contribution in [0.4, 0.5) is 0 Å². The molecule has 0 radical (unpaired) electrons. The predicted molar refractivity (Wildman–Crippen MR) is 69.2 cm³/mol. The average Bonchev–Trinajstić information content (AvgIpc) is 2.32. The Hall–Kier alpha value is -1.38. The number of rotatable bonds is 2. The summed E-state index contributed by atoms with van der Waals surface area (Å²) in [4.78, 5) is 3.92. The third-order valence-electron chi connectivity index (χ3n) is 2.83. The fourth-order valence-electron chi connectivity index (χ4n) is 1.83. The van der Waals surface area contributed by atoms with Crippen molar-refractivity contribution in [3.05, 3.63) is 63.9 Å². The smallest absolute Gasteiger partial charge is 0.106 e. The number of benzene rings is 1. The number of nitrogens with zero attached hydrogens (tertiary/aromatic N) is 1. The maximum absolute atomic E-state index is 10.4. The molecule has 88 valence electrons. The summed E-state index contributed by atoms with van der Waals surface area (Å²) in [7, 11) is 0. The molecule has 1 heterocycles. The molecule has 3 heteroatoms. The van der Waals surface area contributed by atoms with Gasteiger partial charge in [-0.25, -0.2) is 0 Å². The van der Waals surface area contributed by atoms with Crippen LogP contribution in [-0.2, 0) is 0 Å². The van der Waals surface area contributed by atoms with Crippen molar-refractivity contribution in [1.29, 1.82) is 0 Å². The van der Waals surface area contributed by atoms with Crippen molar-refractivity contribution in [1.82, 2.24) is 4.98 Å². The van der Waals surface area contributed by atoms with Crippen LogP contribution in [0.25, 0.3) is 0 Å². The molecule has 0 aliphatic heterocycles. The molecule has 0 bridgehead atoms. The molecule has 0 aliphatic rings. The number of hydrogen-bond donors (Lipinski definition) is 1. The molecule has 1 aromatic heterocycles. The molecule has 17 heavy (non-hydrogen) atoms. The van der Waals surface area contributed by atoms with Crippen molar-refractivity contribution in [2.75, 3.05) is 0 Å². The summed E-state index contributed by atoms with van der Waals surface area (Å²) in [5, 5.41) is 10.9. The molecule has 0 fully saturated rings. The quantitative estimate of drug-likeness (QED) is 0.882. The van der Waals surface area contributed by atoms with E-state index in [1.807, 2.05) is 32.0 Å². The third kappa shape index (κ3) is 2.48. The van der Waals surface area contributed by atoms with E-state index in [2.05, 4.69) is 4.98 Å². The minimum atomic E-state index is -0.703. The Morgan fingerprint density at radius 3 is 2.65 bits per heavy atom. The van der Waals surface area contributed by atoms with Gasteiger partial charge in [0.1, 0.15) is 6.10 Å².